The summed E-state index contributed by atoms with van der Waals surface area (Å²) >= 11 is 1.18. The van der Waals surface area contributed by atoms with Crippen LogP contribution in [-0.4, -0.2) is 30.2 Å². The van der Waals surface area contributed by atoms with E-state index in [-0.39, 0.29) is 22.8 Å². The van der Waals surface area contributed by atoms with Crippen molar-refractivity contribution in [3.05, 3.63) is 58.7 Å². The maximum Gasteiger partial charge on any atom is 0.325 e. The average Bonchev–Trinajstić information content (AvgIpc) is 3.09. The fraction of sp³-hybridized carbons (Fsp3) is 0.318. The molecule has 0 spiro atoms. The van der Waals surface area contributed by atoms with E-state index in [9.17, 15) is 13.2 Å². The number of nitrogens with zero attached hydrogens (tertiary/aromatic N) is 2. The molecule has 0 saturated heterocycles. The molecule has 0 aliphatic carbocycles. The average molecular weight is 473 g/mol. The number of hydrogen-bond donors (Lipinski definition) is 2. The van der Waals surface area contributed by atoms with Crippen LogP contribution in [-0.2, 0) is 27.4 Å². The first-order valence-electron chi connectivity index (χ1n) is 10.1. The van der Waals surface area contributed by atoms with Crippen molar-refractivity contribution in [2.75, 3.05) is 16.4 Å². The Bertz CT molecular complexity index is 1260. The van der Waals surface area contributed by atoms with Gasteiger partial charge in [-0.2, -0.15) is 0 Å². The first kappa shape index (κ1) is 22.2. The Morgan fingerprint density at radius 1 is 1.12 bits per heavy atom. The Labute approximate surface area is 191 Å². The molecular formula is C22H24N4O4S2. The number of carbonyl (C=O) groups excluding carboxylic acids is 1. The van der Waals surface area contributed by atoms with Crippen LogP contribution in [0.2, 0.25) is 0 Å². The number of aromatic nitrogens is 2. The van der Waals surface area contributed by atoms with E-state index in [2.05, 4.69) is 41.4 Å². The van der Waals surface area contributed by atoms with Gasteiger partial charge in [-0.25, -0.2) is 23.2 Å². The van der Waals surface area contributed by atoms with Crippen LogP contribution in [0.1, 0.15) is 36.9 Å². The molecule has 2 aromatic heterocycles. The second-order valence-electron chi connectivity index (χ2n) is 8.51. The fourth-order valence-corrected chi connectivity index (χ4v) is 6.15. The van der Waals surface area contributed by atoms with Gasteiger partial charge in [-0.05, 0) is 23.6 Å². The summed E-state index contributed by atoms with van der Waals surface area (Å²) in [4.78, 5) is 21.9. The Kier molecular flexibility index (Phi) is 5.91. The molecule has 4 rings (SSSR count). The summed E-state index contributed by atoms with van der Waals surface area (Å²) in [6.07, 6.45) is 1.96. The molecule has 1 aliphatic heterocycles. The minimum absolute atomic E-state index is 0.0307. The predicted molar refractivity (Wildman–Crippen MR) is 125 cm³/mol. The lowest BCUT2D eigenvalue weighted by molar-refractivity contribution is 0.262. The van der Waals surface area contributed by atoms with Gasteiger partial charge in [0.15, 0.2) is 15.0 Å². The molecule has 32 heavy (non-hydrogen) atoms. The number of benzene rings is 1. The molecule has 3 heterocycles. The minimum atomic E-state index is -3.09. The zero-order valence-electron chi connectivity index (χ0n) is 18.0. The summed E-state index contributed by atoms with van der Waals surface area (Å²) in [5, 5.41) is 5.78. The Balaban J connectivity index is 1.50. The highest BCUT2D eigenvalue weighted by atomic mass is 32.2. The molecular weight excluding hydrogens is 448 g/mol. The van der Waals surface area contributed by atoms with E-state index in [1.54, 1.807) is 18.3 Å². The van der Waals surface area contributed by atoms with Crippen molar-refractivity contribution in [3.63, 3.8) is 0 Å². The van der Waals surface area contributed by atoms with Crippen molar-refractivity contribution in [1.82, 2.24) is 9.97 Å². The topological polar surface area (TPSA) is 110 Å². The number of urea groups is 1. The summed E-state index contributed by atoms with van der Waals surface area (Å²) in [5.41, 5.74) is 2.01. The normalized spacial score (nSPS) is 15.0. The van der Waals surface area contributed by atoms with Gasteiger partial charge in [0.2, 0.25) is 5.88 Å². The molecule has 0 bridgehead atoms. The molecule has 8 nitrogen and oxygen atoms in total. The van der Waals surface area contributed by atoms with Crippen LogP contribution in [0, 0.1) is 0 Å². The lowest BCUT2D eigenvalue weighted by atomic mass is 9.86. The number of carbonyl (C=O) groups is 1. The van der Waals surface area contributed by atoms with E-state index in [0.717, 1.165) is 11.3 Å². The number of sulfone groups is 1. The van der Waals surface area contributed by atoms with E-state index in [4.69, 9.17) is 4.74 Å². The van der Waals surface area contributed by atoms with Crippen LogP contribution in [0.5, 0.6) is 11.6 Å². The maximum absolute atomic E-state index is 12.6. The molecule has 0 unspecified atom stereocenters. The third-order valence-electron chi connectivity index (χ3n) is 4.92. The van der Waals surface area contributed by atoms with Crippen LogP contribution < -0.4 is 15.4 Å². The summed E-state index contributed by atoms with van der Waals surface area (Å²) in [5.74, 6) is 0.985. The molecule has 1 aromatic carbocycles. The fourth-order valence-electron chi connectivity index (χ4n) is 3.37. The zero-order valence-corrected chi connectivity index (χ0v) is 19.6. The largest absolute Gasteiger partial charge is 0.437 e. The van der Waals surface area contributed by atoms with Crippen molar-refractivity contribution in [3.8, 4) is 11.6 Å². The van der Waals surface area contributed by atoms with E-state index in [1.807, 2.05) is 24.3 Å². The second-order valence-corrected chi connectivity index (χ2v) is 11.8. The molecule has 2 amide bonds. The number of amides is 2. The van der Waals surface area contributed by atoms with Gasteiger partial charge in [0.05, 0.1) is 17.2 Å². The number of aryl methyl sites for hydroxylation is 1. The third kappa shape index (κ3) is 5.08. The van der Waals surface area contributed by atoms with Gasteiger partial charge < -0.3 is 10.1 Å². The molecule has 168 valence electrons. The van der Waals surface area contributed by atoms with Crippen LogP contribution in [0.4, 0.5) is 15.6 Å². The minimum Gasteiger partial charge on any atom is -0.437 e. The standard InChI is InChI=1S/C22H24N4O4S2/c1-22(2,3)14-7-4-5-9-17(14)30-19-16(8-6-11-23-19)24-20(27)26-21-25-15-10-12-32(28,29)13-18(15)31-21/h4-9,11H,10,12-13H2,1-3H3,(H2,24,25,26,27). The van der Waals surface area contributed by atoms with E-state index in [0.29, 0.717) is 27.9 Å². The van der Waals surface area contributed by atoms with Crippen molar-refractivity contribution >= 4 is 38.0 Å². The van der Waals surface area contributed by atoms with E-state index >= 15 is 0 Å². The lowest BCUT2D eigenvalue weighted by Gasteiger charge is -2.22. The Morgan fingerprint density at radius 3 is 2.69 bits per heavy atom. The van der Waals surface area contributed by atoms with Crippen LogP contribution in [0.3, 0.4) is 0 Å². The maximum atomic E-state index is 12.6. The second kappa shape index (κ2) is 8.51. The molecule has 0 saturated carbocycles. The Hall–Kier alpha value is -2.98. The number of para-hydroxylation sites is 1. The number of thiazole rings is 1. The zero-order chi connectivity index (χ0) is 22.9. The van der Waals surface area contributed by atoms with Gasteiger partial charge in [0.1, 0.15) is 11.4 Å². The van der Waals surface area contributed by atoms with Gasteiger partial charge in [-0.1, -0.05) is 39.0 Å². The van der Waals surface area contributed by atoms with Crippen LogP contribution in [0.25, 0.3) is 0 Å². The number of fused-ring (bicyclic) bond motifs is 1. The van der Waals surface area contributed by atoms with Crippen molar-refractivity contribution in [2.24, 2.45) is 0 Å². The van der Waals surface area contributed by atoms with Crippen LogP contribution >= 0.6 is 11.3 Å². The van der Waals surface area contributed by atoms with Crippen LogP contribution in [0.15, 0.2) is 42.6 Å². The predicted octanol–water partition coefficient (Wildman–Crippen LogP) is 4.74. The molecule has 0 atom stereocenters. The number of nitrogens with one attached hydrogen (secondary N) is 2. The third-order valence-corrected chi connectivity index (χ3v) is 7.67. The number of rotatable bonds is 4. The molecule has 3 aromatic rings. The highest BCUT2D eigenvalue weighted by molar-refractivity contribution is 7.90. The van der Waals surface area contributed by atoms with Gasteiger partial charge in [-0.15, -0.1) is 11.3 Å². The number of hydrogen-bond acceptors (Lipinski definition) is 7. The SMILES string of the molecule is CC(C)(C)c1ccccc1Oc1ncccc1NC(=O)Nc1nc2c(s1)CS(=O)(=O)CC2. The van der Waals surface area contributed by atoms with Crippen molar-refractivity contribution in [2.45, 2.75) is 38.4 Å². The molecule has 2 N–H and O–H groups in total. The van der Waals surface area contributed by atoms with Gasteiger partial charge in [0, 0.05) is 23.1 Å². The summed E-state index contributed by atoms with van der Waals surface area (Å²) in [6.45, 7) is 6.29. The number of pyridine rings is 1. The molecule has 1 aliphatic rings. The van der Waals surface area contributed by atoms with Gasteiger partial charge in [0.25, 0.3) is 0 Å². The van der Waals surface area contributed by atoms with Gasteiger partial charge in [-0.3, -0.25) is 5.32 Å². The highest BCUT2D eigenvalue weighted by Gasteiger charge is 2.26. The first-order valence-corrected chi connectivity index (χ1v) is 12.7. The Morgan fingerprint density at radius 2 is 1.91 bits per heavy atom. The van der Waals surface area contributed by atoms with Crippen molar-refractivity contribution in [1.29, 1.82) is 0 Å². The lowest BCUT2D eigenvalue weighted by Crippen LogP contribution is -2.20. The summed E-state index contributed by atoms with van der Waals surface area (Å²) < 4.78 is 29.7. The monoisotopic (exact) mass is 472 g/mol. The van der Waals surface area contributed by atoms with E-state index in [1.165, 1.54) is 11.3 Å². The smallest absolute Gasteiger partial charge is 0.325 e. The molecule has 0 radical (unpaired) electrons. The summed E-state index contributed by atoms with van der Waals surface area (Å²) in [7, 11) is -3.09. The first-order chi connectivity index (χ1) is 15.1. The quantitative estimate of drug-likeness (QED) is 0.567. The van der Waals surface area contributed by atoms with Gasteiger partial charge >= 0.3 is 6.03 Å². The number of ether oxygens (including phenoxy) is 1. The van der Waals surface area contributed by atoms with E-state index < -0.39 is 15.9 Å². The number of anilines is 2. The van der Waals surface area contributed by atoms with Crippen molar-refractivity contribution < 1.29 is 17.9 Å². The molecule has 0 fully saturated rings. The molecule has 10 heteroatoms. The summed E-state index contributed by atoms with van der Waals surface area (Å²) in [6, 6.07) is 10.6. The highest BCUT2D eigenvalue weighted by Crippen LogP contribution is 2.35.